The maximum atomic E-state index is 6.06. The number of ether oxygens (including phenoxy) is 1. The van der Waals surface area contributed by atoms with Crippen LogP contribution in [0.3, 0.4) is 0 Å². The third-order valence-corrected chi connectivity index (χ3v) is 5.80. The molecule has 0 radical (unpaired) electrons. The molecule has 2 aliphatic rings. The molecule has 3 heterocycles. The zero-order chi connectivity index (χ0) is 18.1. The van der Waals surface area contributed by atoms with Crippen molar-refractivity contribution in [1.29, 1.82) is 0 Å². The van der Waals surface area contributed by atoms with Crippen LogP contribution < -0.4 is 4.74 Å². The van der Waals surface area contributed by atoms with E-state index in [4.69, 9.17) is 4.74 Å². The third-order valence-electron chi connectivity index (χ3n) is 5.80. The highest BCUT2D eigenvalue weighted by Gasteiger charge is 2.29. The Kier molecular flexibility index (Phi) is 4.36. The van der Waals surface area contributed by atoms with E-state index in [9.17, 15) is 0 Å². The first-order valence-corrected chi connectivity index (χ1v) is 9.98. The van der Waals surface area contributed by atoms with E-state index in [0.29, 0.717) is 5.92 Å². The lowest BCUT2D eigenvalue weighted by Gasteiger charge is -2.28. The molecule has 1 fully saturated rings. The summed E-state index contributed by atoms with van der Waals surface area (Å²) in [5, 5.41) is 9.18. The molecule has 1 saturated carbocycles. The van der Waals surface area contributed by atoms with Crippen LogP contribution in [0.5, 0.6) is 5.88 Å². The Morgan fingerprint density at radius 1 is 0.889 bits per heavy atom. The van der Waals surface area contributed by atoms with Crippen molar-refractivity contribution in [2.24, 2.45) is 0 Å². The fourth-order valence-electron chi connectivity index (χ4n) is 4.42. The van der Waals surface area contributed by atoms with Crippen molar-refractivity contribution in [3.63, 3.8) is 0 Å². The van der Waals surface area contributed by atoms with Crippen molar-refractivity contribution in [2.75, 3.05) is 0 Å². The van der Waals surface area contributed by atoms with Gasteiger partial charge in [-0.05, 0) is 56.2 Å². The number of aryl methyl sites for hydroxylation is 2. The highest BCUT2D eigenvalue weighted by Crippen LogP contribution is 2.36. The summed E-state index contributed by atoms with van der Waals surface area (Å²) in [4.78, 5) is 4.29. The first kappa shape index (κ1) is 16.5. The molecule has 2 aromatic heterocycles. The average Bonchev–Trinajstić information content (AvgIpc) is 3.05. The predicted molar refractivity (Wildman–Crippen MR) is 103 cm³/mol. The average molecular weight is 360 g/mol. The molecule has 0 amide bonds. The summed E-state index contributed by atoms with van der Waals surface area (Å²) in [5.41, 5.74) is 2.68. The van der Waals surface area contributed by atoms with E-state index in [0.717, 1.165) is 62.5 Å². The molecule has 27 heavy (non-hydrogen) atoms. The molecule has 5 rings (SSSR count). The maximum Gasteiger partial charge on any atom is 0.213 e. The highest BCUT2D eigenvalue weighted by molar-refractivity contribution is 5.44. The minimum Gasteiger partial charge on any atom is -0.474 e. The molecule has 5 nitrogen and oxygen atoms in total. The SMILES string of the molecule is c1ccc(O[C@H]2CC[C@H](c3nnc4n3-c3ccccc3CCC4)CC2)nc1. The van der Waals surface area contributed by atoms with Gasteiger partial charge in [-0.15, -0.1) is 10.2 Å². The number of benzene rings is 1. The number of pyridine rings is 1. The minimum absolute atomic E-state index is 0.245. The number of nitrogens with zero attached hydrogens (tertiary/aromatic N) is 4. The smallest absolute Gasteiger partial charge is 0.213 e. The van der Waals surface area contributed by atoms with Crippen LogP contribution in [0.25, 0.3) is 5.69 Å². The largest absolute Gasteiger partial charge is 0.474 e. The van der Waals surface area contributed by atoms with Crippen molar-refractivity contribution in [3.05, 3.63) is 65.9 Å². The first-order valence-electron chi connectivity index (χ1n) is 9.98. The number of aromatic nitrogens is 4. The number of rotatable bonds is 3. The fraction of sp³-hybridized carbons (Fsp3) is 0.409. The Labute approximate surface area is 159 Å². The van der Waals surface area contributed by atoms with Crippen LogP contribution in [0.15, 0.2) is 48.7 Å². The predicted octanol–water partition coefficient (Wildman–Crippen LogP) is 4.26. The van der Waals surface area contributed by atoms with Crippen LogP contribution in [0, 0.1) is 0 Å². The topological polar surface area (TPSA) is 52.8 Å². The third kappa shape index (κ3) is 3.22. The van der Waals surface area contributed by atoms with E-state index < -0.39 is 0 Å². The van der Waals surface area contributed by atoms with Gasteiger partial charge < -0.3 is 4.74 Å². The summed E-state index contributed by atoms with van der Waals surface area (Å²) >= 11 is 0. The van der Waals surface area contributed by atoms with Crippen LogP contribution in [0.4, 0.5) is 0 Å². The van der Waals surface area contributed by atoms with E-state index in [2.05, 4.69) is 44.0 Å². The van der Waals surface area contributed by atoms with Crippen LogP contribution in [0.2, 0.25) is 0 Å². The van der Waals surface area contributed by atoms with Gasteiger partial charge in [0, 0.05) is 24.6 Å². The van der Waals surface area contributed by atoms with Gasteiger partial charge in [-0.25, -0.2) is 4.98 Å². The summed E-state index contributed by atoms with van der Waals surface area (Å²) in [6.45, 7) is 0. The second kappa shape index (κ2) is 7.14. The molecule has 3 aromatic rings. The standard InChI is InChI=1S/C22H24N4O/c1-2-8-19-16(6-1)7-5-9-20-24-25-22(26(19)20)17-11-13-18(14-12-17)27-21-10-3-4-15-23-21/h1-4,6,8,10,15,17-18H,5,7,9,11-14H2/t17-,18-. The molecule has 0 spiro atoms. The van der Waals surface area contributed by atoms with Gasteiger partial charge in [-0.3, -0.25) is 4.57 Å². The van der Waals surface area contributed by atoms with Gasteiger partial charge in [0.05, 0.1) is 5.69 Å². The highest BCUT2D eigenvalue weighted by atomic mass is 16.5. The molecule has 0 bridgehead atoms. The normalized spacial score (nSPS) is 21.8. The van der Waals surface area contributed by atoms with E-state index in [1.165, 1.54) is 11.3 Å². The van der Waals surface area contributed by atoms with E-state index in [1.807, 2.05) is 18.2 Å². The minimum atomic E-state index is 0.245. The van der Waals surface area contributed by atoms with E-state index in [-0.39, 0.29) is 6.10 Å². The van der Waals surface area contributed by atoms with Gasteiger partial charge in [0.15, 0.2) is 0 Å². The zero-order valence-corrected chi connectivity index (χ0v) is 15.4. The van der Waals surface area contributed by atoms with E-state index >= 15 is 0 Å². The summed E-state index contributed by atoms with van der Waals surface area (Å²) in [7, 11) is 0. The van der Waals surface area contributed by atoms with Gasteiger partial charge in [0.25, 0.3) is 0 Å². The lowest BCUT2D eigenvalue weighted by molar-refractivity contribution is 0.139. The Morgan fingerprint density at radius 3 is 2.59 bits per heavy atom. The quantitative estimate of drug-likeness (QED) is 0.700. The second-order valence-corrected chi connectivity index (χ2v) is 7.55. The molecular weight excluding hydrogens is 336 g/mol. The number of hydrogen-bond acceptors (Lipinski definition) is 4. The summed E-state index contributed by atoms with van der Waals surface area (Å²) in [6.07, 6.45) is 9.51. The van der Waals surface area contributed by atoms with Crippen molar-refractivity contribution in [2.45, 2.75) is 57.0 Å². The lowest BCUT2D eigenvalue weighted by Crippen LogP contribution is -2.25. The summed E-state index contributed by atoms with van der Waals surface area (Å²) in [6, 6.07) is 14.5. The molecule has 0 unspecified atom stereocenters. The zero-order valence-electron chi connectivity index (χ0n) is 15.4. The molecule has 0 N–H and O–H groups in total. The van der Waals surface area contributed by atoms with Crippen molar-refractivity contribution < 1.29 is 4.74 Å². The van der Waals surface area contributed by atoms with Gasteiger partial charge >= 0.3 is 0 Å². The fourth-order valence-corrected chi connectivity index (χ4v) is 4.42. The Balaban J connectivity index is 1.36. The monoisotopic (exact) mass is 360 g/mol. The van der Waals surface area contributed by atoms with Crippen molar-refractivity contribution in [3.8, 4) is 11.6 Å². The molecule has 0 atom stereocenters. The summed E-state index contributed by atoms with van der Waals surface area (Å²) < 4.78 is 8.40. The van der Waals surface area contributed by atoms with Crippen molar-refractivity contribution in [1.82, 2.24) is 19.7 Å². The number of fused-ring (bicyclic) bond motifs is 3. The molecule has 138 valence electrons. The Bertz CT molecular complexity index is 913. The molecule has 1 aliphatic carbocycles. The molecule has 0 saturated heterocycles. The van der Waals surface area contributed by atoms with Gasteiger partial charge in [0.2, 0.25) is 5.88 Å². The van der Waals surface area contributed by atoms with Crippen molar-refractivity contribution >= 4 is 0 Å². The number of hydrogen-bond donors (Lipinski definition) is 0. The number of para-hydroxylation sites is 1. The van der Waals surface area contributed by atoms with Gasteiger partial charge in [0.1, 0.15) is 17.8 Å². The molecule has 5 heteroatoms. The lowest BCUT2D eigenvalue weighted by atomic mass is 9.86. The Hall–Kier alpha value is -2.69. The Morgan fingerprint density at radius 2 is 1.74 bits per heavy atom. The van der Waals surface area contributed by atoms with E-state index in [1.54, 1.807) is 6.20 Å². The van der Waals surface area contributed by atoms with Gasteiger partial charge in [-0.2, -0.15) is 0 Å². The van der Waals surface area contributed by atoms with Crippen LogP contribution in [0.1, 0.15) is 55.2 Å². The molecule has 1 aliphatic heterocycles. The maximum absolute atomic E-state index is 6.06. The summed E-state index contributed by atoms with van der Waals surface area (Å²) in [5.74, 6) is 3.42. The second-order valence-electron chi connectivity index (χ2n) is 7.55. The van der Waals surface area contributed by atoms with Crippen LogP contribution >= 0.6 is 0 Å². The molecular formula is C22H24N4O. The molecule has 1 aromatic carbocycles. The first-order chi connectivity index (χ1) is 13.4. The van der Waals surface area contributed by atoms with Gasteiger partial charge in [-0.1, -0.05) is 24.3 Å². The van der Waals surface area contributed by atoms with Crippen LogP contribution in [-0.4, -0.2) is 25.9 Å². The van der Waals surface area contributed by atoms with Crippen LogP contribution in [-0.2, 0) is 12.8 Å².